The average molecular weight is 377 g/mol. The highest BCUT2D eigenvalue weighted by Crippen LogP contribution is 2.24. The highest BCUT2D eigenvalue weighted by Gasteiger charge is 2.07. The molecule has 2 rings (SSSR count). The van der Waals surface area contributed by atoms with Gasteiger partial charge in [-0.3, -0.25) is 0 Å². The van der Waals surface area contributed by atoms with E-state index in [4.69, 9.17) is 0 Å². The van der Waals surface area contributed by atoms with Gasteiger partial charge < -0.3 is 5.32 Å². The third kappa shape index (κ3) is 3.09. The molecule has 2 aromatic rings. The first kappa shape index (κ1) is 13.5. The lowest BCUT2D eigenvalue weighted by Crippen LogP contribution is -2.02. The first-order chi connectivity index (χ1) is 8.58. The second-order valence-corrected chi connectivity index (χ2v) is 5.41. The summed E-state index contributed by atoms with van der Waals surface area (Å²) in [6, 6.07) is 9.78. The predicted octanol–water partition coefficient (Wildman–Crippen LogP) is 5.10. The smallest absolute Gasteiger partial charge is 0.181 e. The van der Waals surface area contributed by atoms with Crippen LogP contribution in [0.1, 0.15) is 5.56 Å². The predicted molar refractivity (Wildman–Crippen MR) is 75.5 cm³/mol. The van der Waals surface area contributed by atoms with Crippen LogP contribution in [0.15, 0.2) is 45.3 Å². The minimum atomic E-state index is -0.853. The Morgan fingerprint density at radius 1 is 1.00 bits per heavy atom. The van der Waals surface area contributed by atoms with Crippen molar-refractivity contribution in [3.63, 3.8) is 0 Å². The topological polar surface area (TPSA) is 12.0 Å². The van der Waals surface area contributed by atoms with Gasteiger partial charge in [0.15, 0.2) is 11.6 Å². The fraction of sp³-hybridized carbons (Fsp3) is 0.0769. The minimum absolute atomic E-state index is 0.161. The van der Waals surface area contributed by atoms with E-state index in [9.17, 15) is 8.78 Å². The summed E-state index contributed by atoms with van der Waals surface area (Å²) in [5, 5.41) is 2.87. The van der Waals surface area contributed by atoms with Gasteiger partial charge in [-0.15, -0.1) is 0 Å². The molecule has 0 bridgehead atoms. The molecule has 94 valence electrons. The average Bonchev–Trinajstić information content (AvgIpc) is 2.35. The summed E-state index contributed by atoms with van der Waals surface area (Å²) in [5.41, 5.74) is 1.13. The van der Waals surface area contributed by atoms with Crippen LogP contribution < -0.4 is 5.32 Å². The van der Waals surface area contributed by atoms with Gasteiger partial charge >= 0.3 is 0 Å². The summed E-state index contributed by atoms with van der Waals surface area (Å²) in [5.74, 6) is -1.70. The van der Waals surface area contributed by atoms with Gasteiger partial charge in [-0.05, 0) is 61.7 Å². The molecule has 1 nitrogen and oxygen atoms in total. The van der Waals surface area contributed by atoms with Gasteiger partial charge in [0.05, 0.1) is 5.69 Å². The molecular formula is C13H9Br2F2N. The number of hydrogen-bond donors (Lipinski definition) is 1. The van der Waals surface area contributed by atoms with Crippen LogP contribution in [0, 0.1) is 11.6 Å². The maximum Gasteiger partial charge on any atom is 0.181 e. The molecule has 18 heavy (non-hydrogen) atoms. The van der Waals surface area contributed by atoms with Gasteiger partial charge in [0, 0.05) is 15.5 Å². The molecule has 0 saturated carbocycles. The molecule has 5 heteroatoms. The fourth-order valence-electron chi connectivity index (χ4n) is 1.49. The van der Waals surface area contributed by atoms with Gasteiger partial charge in [0.2, 0.25) is 0 Å². The van der Waals surface area contributed by atoms with Gasteiger partial charge in [0.25, 0.3) is 0 Å². The van der Waals surface area contributed by atoms with E-state index < -0.39 is 11.6 Å². The lowest BCUT2D eigenvalue weighted by atomic mass is 10.2. The van der Waals surface area contributed by atoms with Crippen molar-refractivity contribution in [3.05, 3.63) is 62.5 Å². The summed E-state index contributed by atoms with van der Waals surface area (Å²) in [7, 11) is 0. The fourth-order valence-corrected chi connectivity index (χ4v) is 2.16. The number of hydrogen-bond acceptors (Lipinski definition) is 1. The van der Waals surface area contributed by atoms with Gasteiger partial charge in [-0.25, -0.2) is 8.78 Å². The molecule has 0 aliphatic carbocycles. The highest BCUT2D eigenvalue weighted by molar-refractivity contribution is 9.13. The molecule has 0 radical (unpaired) electrons. The first-order valence-corrected chi connectivity index (χ1v) is 6.78. The molecule has 0 aliphatic rings. The summed E-state index contributed by atoms with van der Waals surface area (Å²) in [6.07, 6.45) is 0. The van der Waals surface area contributed by atoms with Crippen LogP contribution in [0.5, 0.6) is 0 Å². The van der Waals surface area contributed by atoms with E-state index in [-0.39, 0.29) is 5.69 Å². The van der Waals surface area contributed by atoms with Crippen molar-refractivity contribution < 1.29 is 8.78 Å². The number of halogens is 4. The second-order valence-electron chi connectivity index (χ2n) is 3.70. The van der Waals surface area contributed by atoms with Crippen molar-refractivity contribution in [1.29, 1.82) is 0 Å². The minimum Gasteiger partial charge on any atom is -0.379 e. The van der Waals surface area contributed by atoms with Crippen LogP contribution in [0.3, 0.4) is 0 Å². The van der Waals surface area contributed by atoms with E-state index in [0.717, 1.165) is 20.6 Å². The van der Waals surface area contributed by atoms with E-state index in [1.54, 1.807) is 0 Å². The Labute approximate surface area is 120 Å². The molecule has 2 aromatic carbocycles. The zero-order valence-corrected chi connectivity index (χ0v) is 12.4. The monoisotopic (exact) mass is 375 g/mol. The summed E-state index contributed by atoms with van der Waals surface area (Å²) >= 11 is 6.76. The quantitative estimate of drug-likeness (QED) is 0.785. The zero-order chi connectivity index (χ0) is 13.1. The number of rotatable bonds is 3. The number of nitrogens with one attached hydrogen (secondary N) is 1. The molecule has 0 aliphatic heterocycles. The van der Waals surface area contributed by atoms with E-state index in [1.165, 1.54) is 12.1 Å². The molecule has 0 atom stereocenters. The van der Waals surface area contributed by atoms with Crippen molar-refractivity contribution in [2.75, 3.05) is 5.32 Å². The normalized spacial score (nSPS) is 10.4. The van der Waals surface area contributed by atoms with Crippen LogP contribution in [0.2, 0.25) is 0 Å². The standard InChI is InChI=1S/C13H9Br2F2N/c14-9-5-4-8(6-10(9)15)7-18-12-3-1-2-11(16)13(12)17/h1-6,18H,7H2. The van der Waals surface area contributed by atoms with Crippen molar-refractivity contribution in [2.45, 2.75) is 6.54 Å². The lowest BCUT2D eigenvalue weighted by molar-refractivity contribution is 0.511. The van der Waals surface area contributed by atoms with E-state index in [2.05, 4.69) is 37.2 Å². The molecule has 0 spiro atoms. The van der Waals surface area contributed by atoms with Crippen LogP contribution in [-0.4, -0.2) is 0 Å². The Bertz CT molecular complexity index is 573. The van der Waals surface area contributed by atoms with E-state index >= 15 is 0 Å². The van der Waals surface area contributed by atoms with Crippen molar-refractivity contribution in [3.8, 4) is 0 Å². The van der Waals surface area contributed by atoms with Crippen molar-refractivity contribution in [2.24, 2.45) is 0 Å². The summed E-state index contributed by atoms with van der Waals surface area (Å²) in [6.45, 7) is 0.423. The maximum absolute atomic E-state index is 13.4. The second kappa shape index (κ2) is 5.80. The molecule has 0 amide bonds. The third-order valence-corrected chi connectivity index (χ3v) is 4.30. The Morgan fingerprint density at radius 2 is 1.78 bits per heavy atom. The van der Waals surface area contributed by atoms with Crippen LogP contribution in [-0.2, 0) is 6.54 Å². The zero-order valence-electron chi connectivity index (χ0n) is 9.18. The van der Waals surface area contributed by atoms with Gasteiger partial charge in [-0.2, -0.15) is 0 Å². The summed E-state index contributed by atoms with van der Waals surface area (Å²) < 4.78 is 28.3. The molecule has 0 fully saturated rings. The van der Waals surface area contributed by atoms with E-state index in [1.807, 2.05) is 18.2 Å². The number of anilines is 1. The van der Waals surface area contributed by atoms with Crippen molar-refractivity contribution in [1.82, 2.24) is 0 Å². The number of benzene rings is 2. The van der Waals surface area contributed by atoms with Crippen molar-refractivity contribution >= 4 is 37.5 Å². The van der Waals surface area contributed by atoms with E-state index in [0.29, 0.717) is 6.54 Å². The SMILES string of the molecule is Fc1cccc(NCc2ccc(Br)c(Br)c2)c1F. The Kier molecular flexibility index (Phi) is 4.35. The Balaban J connectivity index is 2.11. The molecule has 0 heterocycles. The largest absolute Gasteiger partial charge is 0.379 e. The molecule has 1 N–H and O–H groups in total. The first-order valence-electron chi connectivity index (χ1n) is 5.20. The van der Waals surface area contributed by atoms with Gasteiger partial charge in [0.1, 0.15) is 0 Å². The Hall–Kier alpha value is -0.940. The third-order valence-electron chi connectivity index (χ3n) is 2.42. The lowest BCUT2D eigenvalue weighted by Gasteiger charge is -2.08. The maximum atomic E-state index is 13.4. The Morgan fingerprint density at radius 3 is 2.50 bits per heavy atom. The highest BCUT2D eigenvalue weighted by atomic mass is 79.9. The van der Waals surface area contributed by atoms with Gasteiger partial charge in [-0.1, -0.05) is 12.1 Å². The van der Waals surface area contributed by atoms with Crippen LogP contribution in [0.25, 0.3) is 0 Å². The molecule has 0 unspecified atom stereocenters. The van der Waals surface area contributed by atoms with Crippen LogP contribution >= 0.6 is 31.9 Å². The van der Waals surface area contributed by atoms with Crippen LogP contribution in [0.4, 0.5) is 14.5 Å². The molecular weight excluding hydrogens is 368 g/mol. The summed E-state index contributed by atoms with van der Waals surface area (Å²) in [4.78, 5) is 0. The molecule has 0 saturated heterocycles. The molecule has 0 aromatic heterocycles.